The number of rotatable bonds is 6. The Morgan fingerprint density at radius 3 is 2.29 bits per heavy atom. The summed E-state index contributed by atoms with van der Waals surface area (Å²) in [6.45, 7) is 11.8. The summed E-state index contributed by atoms with van der Waals surface area (Å²) in [6.07, 6.45) is 5.30. The van der Waals surface area contributed by atoms with E-state index in [1.54, 1.807) is 0 Å². The summed E-state index contributed by atoms with van der Waals surface area (Å²) in [4.78, 5) is 5.12. The van der Waals surface area contributed by atoms with Gasteiger partial charge in [0.05, 0.1) is 0 Å². The van der Waals surface area contributed by atoms with Crippen molar-refractivity contribution in [3.63, 3.8) is 0 Å². The minimum atomic E-state index is 0.599. The third-order valence-electron chi connectivity index (χ3n) is 6.81. The van der Waals surface area contributed by atoms with Crippen LogP contribution >= 0.6 is 0 Å². The summed E-state index contributed by atoms with van der Waals surface area (Å²) in [6, 6.07) is 18.6. The molecule has 0 N–H and O–H groups in total. The zero-order valence-electron chi connectivity index (χ0n) is 17.9. The van der Waals surface area contributed by atoms with Crippen LogP contribution in [0.1, 0.15) is 69.4 Å². The van der Waals surface area contributed by atoms with Crippen LogP contribution in [0.5, 0.6) is 0 Å². The lowest BCUT2D eigenvalue weighted by molar-refractivity contribution is 0.488. The van der Waals surface area contributed by atoms with Gasteiger partial charge < -0.3 is 9.80 Å². The van der Waals surface area contributed by atoms with Crippen LogP contribution in [-0.4, -0.2) is 26.2 Å². The van der Waals surface area contributed by atoms with Crippen LogP contribution in [0, 0.1) is 5.92 Å². The van der Waals surface area contributed by atoms with Gasteiger partial charge in [-0.15, -0.1) is 0 Å². The van der Waals surface area contributed by atoms with Gasteiger partial charge in [-0.1, -0.05) is 45.0 Å². The number of nitrogens with zero attached hydrogens (tertiary/aromatic N) is 2. The fraction of sp³-hybridized carbons (Fsp3) is 0.538. The van der Waals surface area contributed by atoms with Crippen LogP contribution < -0.4 is 9.80 Å². The highest BCUT2D eigenvalue weighted by Crippen LogP contribution is 2.33. The summed E-state index contributed by atoms with van der Waals surface area (Å²) in [5.41, 5.74) is 5.78. The topological polar surface area (TPSA) is 6.48 Å². The Kier molecular flexibility index (Phi) is 5.94. The van der Waals surface area contributed by atoms with Crippen molar-refractivity contribution in [1.82, 2.24) is 0 Å². The molecule has 0 aliphatic carbocycles. The molecule has 0 saturated carbocycles. The highest BCUT2D eigenvalue weighted by Gasteiger charge is 2.25. The molecule has 2 atom stereocenters. The number of anilines is 2. The van der Waals surface area contributed by atoms with E-state index in [9.17, 15) is 0 Å². The molecule has 2 saturated heterocycles. The Labute approximate surface area is 171 Å². The van der Waals surface area contributed by atoms with Gasteiger partial charge in [0.25, 0.3) is 0 Å². The van der Waals surface area contributed by atoms with Gasteiger partial charge in [0.15, 0.2) is 0 Å². The van der Waals surface area contributed by atoms with E-state index < -0.39 is 0 Å². The average molecular weight is 377 g/mol. The van der Waals surface area contributed by atoms with Crippen LogP contribution in [0.25, 0.3) is 0 Å². The summed E-state index contributed by atoms with van der Waals surface area (Å²) < 4.78 is 0. The molecule has 150 valence electrons. The molecular formula is C26H36N2. The van der Waals surface area contributed by atoms with Gasteiger partial charge in [0.1, 0.15) is 0 Å². The maximum Gasteiger partial charge on any atom is 0.0369 e. The Morgan fingerprint density at radius 1 is 0.821 bits per heavy atom. The fourth-order valence-corrected chi connectivity index (χ4v) is 4.97. The molecule has 2 unspecified atom stereocenters. The number of hydrogen-bond acceptors (Lipinski definition) is 2. The van der Waals surface area contributed by atoms with E-state index in [2.05, 4.69) is 79.1 Å². The van der Waals surface area contributed by atoms with Crippen molar-refractivity contribution >= 4 is 11.4 Å². The highest BCUT2D eigenvalue weighted by molar-refractivity contribution is 5.50. The van der Waals surface area contributed by atoms with Crippen LogP contribution in [0.2, 0.25) is 0 Å². The molecule has 2 aliphatic heterocycles. The normalized spacial score (nSPS) is 20.9. The van der Waals surface area contributed by atoms with Crippen LogP contribution in [-0.2, 0) is 0 Å². The molecule has 2 heterocycles. The quantitative estimate of drug-likeness (QED) is 0.573. The largest absolute Gasteiger partial charge is 0.372 e. The maximum absolute atomic E-state index is 2.60. The van der Waals surface area contributed by atoms with E-state index in [1.807, 2.05) is 0 Å². The molecule has 2 aromatic rings. The van der Waals surface area contributed by atoms with Gasteiger partial charge in [0, 0.05) is 37.6 Å². The van der Waals surface area contributed by atoms with Gasteiger partial charge in [-0.2, -0.15) is 0 Å². The van der Waals surface area contributed by atoms with Gasteiger partial charge in [-0.05, 0) is 78.8 Å². The smallest absolute Gasteiger partial charge is 0.0369 e. The highest BCUT2D eigenvalue weighted by atomic mass is 15.2. The maximum atomic E-state index is 2.60. The first kappa shape index (κ1) is 19.4. The molecule has 0 aromatic heterocycles. The molecule has 2 nitrogen and oxygen atoms in total. The summed E-state index contributed by atoms with van der Waals surface area (Å²) in [7, 11) is 0. The summed E-state index contributed by atoms with van der Waals surface area (Å²) in [5.74, 6) is 2.04. The minimum Gasteiger partial charge on any atom is -0.372 e. The zero-order valence-corrected chi connectivity index (χ0v) is 17.9. The molecule has 2 fully saturated rings. The van der Waals surface area contributed by atoms with Crippen molar-refractivity contribution in [3.8, 4) is 0 Å². The van der Waals surface area contributed by atoms with Crippen molar-refractivity contribution in [2.75, 3.05) is 36.0 Å². The second-order valence-corrected chi connectivity index (χ2v) is 9.27. The van der Waals surface area contributed by atoms with Gasteiger partial charge >= 0.3 is 0 Å². The van der Waals surface area contributed by atoms with Crippen LogP contribution in [0.3, 0.4) is 0 Å². The predicted molar refractivity (Wildman–Crippen MR) is 122 cm³/mol. The lowest BCUT2D eigenvalue weighted by atomic mass is 9.89. The molecular weight excluding hydrogens is 340 g/mol. The van der Waals surface area contributed by atoms with Crippen molar-refractivity contribution in [3.05, 3.63) is 59.7 Å². The molecule has 2 aliphatic rings. The van der Waals surface area contributed by atoms with Crippen molar-refractivity contribution < 1.29 is 0 Å². The molecule has 0 radical (unpaired) electrons. The average Bonchev–Trinajstić information content (AvgIpc) is 3.40. The standard InChI is InChI=1S/C26H36N2/c1-20(2)24-7-6-8-26(18-24)28-16-13-22(19-28)17-21(3)23-9-11-25(12-10-23)27-14-4-5-15-27/h6-12,18,20-22H,4-5,13-17,19H2,1-3H3. The lowest BCUT2D eigenvalue weighted by Crippen LogP contribution is -2.20. The van der Waals surface area contributed by atoms with E-state index in [4.69, 9.17) is 0 Å². The summed E-state index contributed by atoms with van der Waals surface area (Å²) >= 11 is 0. The third kappa shape index (κ3) is 4.37. The Balaban J connectivity index is 1.34. The molecule has 0 bridgehead atoms. The monoisotopic (exact) mass is 376 g/mol. The molecule has 4 rings (SSSR count). The SMILES string of the molecule is CC(C)c1cccc(N2CCC(CC(C)c3ccc(N4CCCC4)cc3)C2)c1. The first-order valence-corrected chi connectivity index (χ1v) is 11.3. The first-order valence-electron chi connectivity index (χ1n) is 11.3. The van der Waals surface area contributed by atoms with E-state index in [1.165, 1.54) is 74.4 Å². The Bertz CT molecular complexity index is 758. The molecule has 0 spiro atoms. The van der Waals surface area contributed by atoms with Crippen molar-refractivity contribution in [1.29, 1.82) is 0 Å². The fourth-order valence-electron chi connectivity index (χ4n) is 4.97. The van der Waals surface area contributed by atoms with Gasteiger partial charge in [-0.25, -0.2) is 0 Å². The molecule has 28 heavy (non-hydrogen) atoms. The van der Waals surface area contributed by atoms with Gasteiger partial charge in [0.2, 0.25) is 0 Å². The van der Waals surface area contributed by atoms with E-state index >= 15 is 0 Å². The summed E-state index contributed by atoms with van der Waals surface area (Å²) in [5, 5.41) is 0. The molecule has 2 aromatic carbocycles. The predicted octanol–water partition coefficient (Wildman–Crippen LogP) is 6.43. The Hall–Kier alpha value is -1.96. The van der Waals surface area contributed by atoms with Crippen molar-refractivity contribution in [2.24, 2.45) is 5.92 Å². The van der Waals surface area contributed by atoms with Crippen molar-refractivity contribution in [2.45, 2.75) is 58.3 Å². The minimum absolute atomic E-state index is 0.599. The second-order valence-electron chi connectivity index (χ2n) is 9.27. The Morgan fingerprint density at radius 2 is 1.57 bits per heavy atom. The van der Waals surface area contributed by atoms with E-state index in [0.717, 1.165) is 5.92 Å². The molecule has 2 heteroatoms. The lowest BCUT2D eigenvalue weighted by Gasteiger charge is -2.22. The zero-order chi connectivity index (χ0) is 19.5. The van der Waals surface area contributed by atoms with E-state index in [0.29, 0.717) is 11.8 Å². The third-order valence-corrected chi connectivity index (χ3v) is 6.81. The van der Waals surface area contributed by atoms with Gasteiger partial charge in [-0.3, -0.25) is 0 Å². The second kappa shape index (κ2) is 8.59. The first-order chi connectivity index (χ1) is 13.6. The van der Waals surface area contributed by atoms with E-state index in [-0.39, 0.29) is 0 Å². The number of benzene rings is 2. The van der Waals surface area contributed by atoms with Crippen LogP contribution in [0.4, 0.5) is 11.4 Å². The molecule has 0 amide bonds. The number of hydrogen-bond donors (Lipinski definition) is 0. The van der Waals surface area contributed by atoms with Crippen LogP contribution in [0.15, 0.2) is 48.5 Å².